The van der Waals surface area contributed by atoms with E-state index in [0.29, 0.717) is 25.7 Å². The Morgan fingerprint density at radius 3 is 2.33 bits per heavy atom. The van der Waals surface area contributed by atoms with Crippen LogP contribution in [0.25, 0.3) is 0 Å². The van der Waals surface area contributed by atoms with Crippen LogP contribution in [0.1, 0.15) is 31.2 Å². The molecule has 5 nitrogen and oxygen atoms in total. The van der Waals surface area contributed by atoms with Crippen LogP contribution in [0, 0.1) is 5.92 Å². The van der Waals surface area contributed by atoms with Crippen molar-refractivity contribution in [3.63, 3.8) is 0 Å². The number of hydrogen-bond donors (Lipinski definition) is 2. The number of aliphatic carboxylic acids is 1. The van der Waals surface area contributed by atoms with Crippen LogP contribution < -0.4 is 5.32 Å². The highest BCUT2D eigenvalue weighted by Crippen LogP contribution is 2.24. The maximum absolute atomic E-state index is 11.7. The van der Waals surface area contributed by atoms with Gasteiger partial charge in [0.15, 0.2) is 0 Å². The van der Waals surface area contributed by atoms with E-state index in [1.165, 1.54) is 0 Å². The smallest absolute Gasteiger partial charge is 0.407 e. The lowest BCUT2D eigenvalue weighted by atomic mass is 9.86. The Morgan fingerprint density at radius 1 is 1.14 bits per heavy atom. The van der Waals surface area contributed by atoms with E-state index in [2.05, 4.69) is 5.32 Å². The Balaban J connectivity index is 0.00000220. The van der Waals surface area contributed by atoms with Gasteiger partial charge < -0.3 is 15.2 Å². The first-order valence-corrected chi connectivity index (χ1v) is 6.85. The average molecular weight is 314 g/mol. The summed E-state index contributed by atoms with van der Waals surface area (Å²) in [5, 5.41) is 11.7. The molecule has 6 heteroatoms. The molecule has 0 radical (unpaired) electrons. The molecule has 1 aromatic rings. The molecule has 1 aliphatic rings. The molecule has 1 saturated carbocycles. The van der Waals surface area contributed by atoms with Crippen molar-refractivity contribution in [3.8, 4) is 0 Å². The van der Waals surface area contributed by atoms with Gasteiger partial charge in [0, 0.05) is 6.04 Å². The van der Waals surface area contributed by atoms with Crippen molar-refractivity contribution in [2.24, 2.45) is 5.92 Å². The third-order valence-electron chi connectivity index (χ3n) is 3.61. The molecular formula is C15H20ClNO4. The highest BCUT2D eigenvalue weighted by molar-refractivity contribution is 5.85. The Labute approximate surface area is 130 Å². The van der Waals surface area contributed by atoms with Crippen molar-refractivity contribution in [2.45, 2.75) is 38.3 Å². The molecular weight excluding hydrogens is 294 g/mol. The maximum Gasteiger partial charge on any atom is 0.407 e. The van der Waals surface area contributed by atoms with Crippen molar-refractivity contribution in [1.29, 1.82) is 0 Å². The summed E-state index contributed by atoms with van der Waals surface area (Å²) in [4.78, 5) is 22.5. The van der Waals surface area contributed by atoms with Gasteiger partial charge in [0.05, 0.1) is 5.92 Å². The summed E-state index contributed by atoms with van der Waals surface area (Å²) in [6.45, 7) is 0.247. The van der Waals surface area contributed by atoms with E-state index >= 15 is 0 Å². The summed E-state index contributed by atoms with van der Waals surface area (Å²) in [5.74, 6) is -1.01. The topological polar surface area (TPSA) is 75.6 Å². The number of amides is 1. The number of halogens is 1. The van der Waals surface area contributed by atoms with Crippen LogP contribution in [0.5, 0.6) is 0 Å². The summed E-state index contributed by atoms with van der Waals surface area (Å²) < 4.78 is 5.14. The summed E-state index contributed by atoms with van der Waals surface area (Å²) in [7, 11) is 0. The van der Waals surface area contributed by atoms with Crippen molar-refractivity contribution < 1.29 is 19.4 Å². The monoisotopic (exact) mass is 313 g/mol. The van der Waals surface area contributed by atoms with Gasteiger partial charge in [-0.15, -0.1) is 12.4 Å². The normalized spacial score (nSPS) is 21.0. The second-order valence-corrected chi connectivity index (χ2v) is 5.09. The van der Waals surface area contributed by atoms with E-state index in [1.807, 2.05) is 30.3 Å². The zero-order valence-corrected chi connectivity index (χ0v) is 12.5. The molecule has 0 aromatic heterocycles. The third-order valence-corrected chi connectivity index (χ3v) is 3.61. The Hall–Kier alpha value is -1.75. The predicted molar refractivity (Wildman–Crippen MR) is 80.4 cm³/mol. The van der Waals surface area contributed by atoms with Gasteiger partial charge in [-0.1, -0.05) is 30.3 Å². The molecule has 21 heavy (non-hydrogen) atoms. The number of carboxylic acid groups (broad SMARTS) is 1. The number of nitrogens with one attached hydrogen (secondary N) is 1. The lowest BCUT2D eigenvalue weighted by molar-refractivity contribution is -0.142. The average Bonchev–Trinajstić information content (AvgIpc) is 2.47. The van der Waals surface area contributed by atoms with E-state index in [4.69, 9.17) is 9.84 Å². The fourth-order valence-electron chi connectivity index (χ4n) is 2.42. The minimum Gasteiger partial charge on any atom is -0.481 e. The van der Waals surface area contributed by atoms with E-state index in [-0.39, 0.29) is 31.0 Å². The number of carbonyl (C=O) groups is 2. The van der Waals surface area contributed by atoms with Gasteiger partial charge in [-0.25, -0.2) is 4.79 Å². The molecule has 1 aliphatic carbocycles. The molecule has 1 aromatic carbocycles. The molecule has 1 amide bonds. The van der Waals surface area contributed by atoms with Crippen molar-refractivity contribution in [3.05, 3.63) is 35.9 Å². The third kappa shape index (κ3) is 5.63. The second kappa shape index (κ2) is 8.52. The molecule has 1 fully saturated rings. The number of benzene rings is 1. The first-order chi connectivity index (χ1) is 9.65. The summed E-state index contributed by atoms with van der Waals surface area (Å²) in [6.07, 6.45) is 2.17. The lowest BCUT2D eigenvalue weighted by Gasteiger charge is -2.26. The van der Waals surface area contributed by atoms with Crippen LogP contribution in [0.15, 0.2) is 30.3 Å². The molecule has 116 valence electrons. The highest BCUT2D eigenvalue weighted by Gasteiger charge is 2.26. The molecule has 0 spiro atoms. The standard InChI is InChI=1S/C15H19NO4.ClH/c17-14(18)12-6-8-13(9-7-12)16-15(19)20-10-11-4-2-1-3-5-11;/h1-5,12-13H,6-10H2,(H,16,19)(H,17,18);1H/t12-,13-;. The van der Waals surface area contributed by atoms with Crippen LogP contribution in [0.3, 0.4) is 0 Å². The number of hydrogen-bond acceptors (Lipinski definition) is 3. The second-order valence-electron chi connectivity index (χ2n) is 5.09. The van der Waals surface area contributed by atoms with Gasteiger partial charge in [0.1, 0.15) is 6.61 Å². The summed E-state index contributed by atoms with van der Waals surface area (Å²) >= 11 is 0. The zero-order chi connectivity index (χ0) is 14.4. The molecule has 0 heterocycles. The van der Waals surface area contributed by atoms with E-state index in [1.54, 1.807) is 0 Å². The SMILES string of the molecule is Cl.O=C(N[C@H]1CC[C@H](C(=O)O)CC1)OCc1ccccc1. The van der Waals surface area contributed by atoms with Crippen LogP contribution >= 0.6 is 12.4 Å². The van der Waals surface area contributed by atoms with Crippen LogP contribution in [0.2, 0.25) is 0 Å². The molecule has 0 bridgehead atoms. The van der Waals surface area contributed by atoms with Gasteiger partial charge in [-0.3, -0.25) is 4.79 Å². The first kappa shape index (κ1) is 17.3. The first-order valence-electron chi connectivity index (χ1n) is 6.85. The fourth-order valence-corrected chi connectivity index (χ4v) is 2.42. The Kier molecular flexibility index (Phi) is 7.02. The Morgan fingerprint density at radius 2 is 1.76 bits per heavy atom. The number of rotatable bonds is 4. The molecule has 2 rings (SSSR count). The van der Waals surface area contributed by atoms with E-state index in [0.717, 1.165) is 5.56 Å². The summed E-state index contributed by atoms with van der Waals surface area (Å²) in [5.41, 5.74) is 0.942. The minimum atomic E-state index is -0.741. The molecule has 0 saturated heterocycles. The number of alkyl carbamates (subject to hydrolysis) is 1. The van der Waals surface area contributed by atoms with Gasteiger partial charge in [0.2, 0.25) is 0 Å². The van der Waals surface area contributed by atoms with E-state index < -0.39 is 12.1 Å². The highest BCUT2D eigenvalue weighted by atomic mass is 35.5. The van der Waals surface area contributed by atoms with Crippen LogP contribution in [0.4, 0.5) is 4.79 Å². The van der Waals surface area contributed by atoms with Gasteiger partial charge in [-0.2, -0.15) is 0 Å². The minimum absolute atomic E-state index is 0. The van der Waals surface area contributed by atoms with Crippen molar-refractivity contribution in [2.75, 3.05) is 0 Å². The van der Waals surface area contributed by atoms with Gasteiger partial charge >= 0.3 is 12.1 Å². The quantitative estimate of drug-likeness (QED) is 0.896. The van der Waals surface area contributed by atoms with Crippen molar-refractivity contribution >= 4 is 24.5 Å². The number of carboxylic acids is 1. The molecule has 0 aliphatic heterocycles. The van der Waals surface area contributed by atoms with Crippen molar-refractivity contribution in [1.82, 2.24) is 5.32 Å². The Bertz CT molecular complexity index is 458. The molecule has 2 N–H and O–H groups in total. The fraction of sp³-hybridized carbons (Fsp3) is 0.467. The molecule has 0 unspecified atom stereocenters. The lowest BCUT2D eigenvalue weighted by Crippen LogP contribution is -2.38. The van der Waals surface area contributed by atoms with Gasteiger partial charge in [-0.05, 0) is 31.2 Å². The van der Waals surface area contributed by atoms with Gasteiger partial charge in [0.25, 0.3) is 0 Å². The van der Waals surface area contributed by atoms with E-state index in [9.17, 15) is 9.59 Å². The van der Waals surface area contributed by atoms with Crippen LogP contribution in [-0.2, 0) is 16.1 Å². The largest absolute Gasteiger partial charge is 0.481 e. The number of ether oxygens (including phenoxy) is 1. The van der Waals surface area contributed by atoms with Crippen LogP contribution in [-0.4, -0.2) is 23.2 Å². The molecule has 0 atom stereocenters. The summed E-state index contributed by atoms with van der Waals surface area (Å²) in [6, 6.07) is 9.50. The maximum atomic E-state index is 11.7. The predicted octanol–water partition coefficient (Wildman–Crippen LogP) is 2.98. The zero-order valence-electron chi connectivity index (χ0n) is 11.7. The number of carbonyl (C=O) groups excluding carboxylic acids is 1.